The van der Waals surface area contributed by atoms with Crippen molar-refractivity contribution in [2.45, 2.75) is 12.8 Å². The number of nitrogens with zero attached hydrogens (tertiary/aromatic N) is 2. The number of amides is 1. The maximum Gasteiger partial charge on any atom is 0.254 e. The second kappa shape index (κ2) is 8.54. The van der Waals surface area contributed by atoms with Gasteiger partial charge in [0, 0.05) is 44.4 Å². The van der Waals surface area contributed by atoms with E-state index in [0.29, 0.717) is 17.1 Å². The zero-order valence-corrected chi connectivity index (χ0v) is 15.3. The molecule has 1 amide bonds. The third-order valence-corrected chi connectivity index (χ3v) is 5.23. The molecule has 2 heterocycles. The molecule has 2 saturated heterocycles. The number of rotatable bonds is 5. The molecule has 0 aliphatic carbocycles. The van der Waals surface area contributed by atoms with Crippen LogP contribution in [-0.4, -0.2) is 75.7 Å². The van der Waals surface area contributed by atoms with Gasteiger partial charge in [-0.15, -0.1) is 0 Å². The number of nitrogens with one attached hydrogen (secondary N) is 1. The van der Waals surface area contributed by atoms with Crippen molar-refractivity contribution in [3.05, 3.63) is 23.8 Å². The highest BCUT2D eigenvalue weighted by atomic mass is 16.5. The summed E-state index contributed by atoms with van der Waals surface area (Å²) in [6.45, 7) is 6.92. The van der Waals surface area contributed by atoms with E-state index in [-0.39, 0.29) is 5.91 Å². The summed E-state index contributed by atoms with van der Waals surface area (Å²) in [5, 5.41) is 3.42. The Kier molecular flexibility index (Phi) is 6.15. The first-order valence-electron chi connectivity index (χ1n) is 9.15. The highest BCUT2D eigenvalue weighted by Gasteiger charge is 2.25. The van der Waals surface area contributed by atoms with E-state index in [0.717, 1.165) is 51.7 Å². The molecule has 3 rings (SSSR count). The van der Waals surface area contributed by atoms with Crippen LogP contribution in [0.3, 0.4) is 0 Å². The van der Waals surface area contributed by atoms with Gasteiger partial charge in [-0.3, -0.25) is 9.69 Å². The summed E-state index contributed by atoms with van der Waals surface area (Å²) in [4.78, 5) is 17.3. The quantitative estimate of drug-likeness (QED) is 0.874. The van der Waals surface area contributed by atoms with Crippen molar-refractivity contribution in [3.63, 3.8) is 0 Å². The van der Waals surface area contributed by atoms with Crippen LogP contribution in [-0.2, 0) is 0 Å². The molecule has 138 valence electrons. The monoisotopic (exact) mass is 347 g/mol. The van der Waals surface area contributed by atoms with Gasteiger partial charge >= 0.3 is 0 Å². The molecule has 25 heavy (non-hydrogen) atoms. The van der Waals surface area contributed by atoms with Gasteiger partial charge in [-0.2, -0.15) is 0 Å². The second-order valence-electron chi connectivity index (χ2n) is 6.89. The van der Waals surface area contributed by atoms with Crippen molar-refractivity contribution < 1.29 is 14.3 Å². The molecule has 1 N–H and O–H groups in total. The van der Waals surface area contributed by atoms with E-state index in [1.54, 1.807) is 32.4 Å². The Morgan fingerprint density at radius 2 is 1.64 bits per heavy atom. The molecular weight excluding hydrogens is 318 g/mol. The molecule has 0 aromatic heterocycles. The van der Waals surface area contributed by atoms with Crippen LogP contribution in [0.4, 0.5) is 0 Å². The van der Waals surface area contributed by atoms with Gasteiger partial charge in [-0.1, -0.05) is 0 Å². The molecule has 1 aromatic rings. The Bertz CT molecular complexity index is 557. The van der Waals surface area contributed by atoms with E-state index in [2.05, 4.69) is 10.2 Å². The summed E-state index contributed by atoms with van der Waals surface area (Å²) in [6, 6.07) is 5.35. The molecule has 0 radical (unpaired) electrons. The lowest BCUT2D eigenvalue weighted by molar-refractivity contribution is 0.0607. The molecule has 2 aliphatic heterocycles. The lowest BCUT2D eigenvalue weighted by Crippen LogP contribution is -2.50. The van der Waals surface area contributed by atoms with E-state index in [1.807, 2.05) is 4.90 Å². The third-order valence-electron chi connectivity index (χ3n) is 5.23. The van der Waals surface area contributed by atoms with Crippen LogP contribution in [0.25, 0.3) is 0 Å². The van der Waals surface area contributed by atoms with Crippen LogP contribution in [0.15, 0.2) is 18.2 Å². The van der Waals surface area contributed by atoms with E-state index >= 15 is 0 Å². The van der Waals surface area contributed by atoms with Crippen molar-refractivity contribution in [1.29, 1.82) is 0 Å². The maximum atomic E-state index is 12.8. The molecule has 0 bridgehead atoms. The fourth-order valence-electron chi connectivity index (χ4n) is 3.68. The van der Waals surface area contributed by atoms with Crippen molar-refractivity contribution >= 4 is 5.91 Å². The molecule has 0 saturated carbocycles. The van der Waals surface area contributed by atoms with Crippen molar-refractivity contribution in [1.82, 2.24) is 15.1 Å². The van der Waals surface area contributed by atoms with E-state index in [1.165, 1.54) is 12.8 Å². The van der Waals surface area contributed by atoms with E-state index in [4.69, 9.17) is 9.47 Å². The van der Waals surface area contributed by atoms with Crippen LogP contribution in [0.5, 0.6) is 11.5 Å². The SMILES string of the molecule is COc1cc(OC)cc(C(=O)N2CCN(CC3CCNCC3)CC2)c1. The zero-order valence-electron chi connectivity index (χ0n) is 15.3. The average Bonchev–Trinajstić information content (AvgIpc) is 2.68. The first-order valence-corrected chi connectivity index (χ1v) is 9.15. The van der Waals surface area contributed by atoms with Crippen LogP contribution in [0.2, 0.25) is 0 Å². The van der Waals surface area contributed by atoms with Gasteiger partial charge in [0.25, 0.3) is 5.91 Å². The van der Waals surface area contributed by atoms with Crippen molar-refractivity contribution in [2.24, 2.45) is 5.92 Å². The van der Waals surface area contributed by atoms with Gasteiger partial charge in [-0.25, -0.2) is 0 Å². The molecule has 2 aliphatic rings. The van der Waals surface area contributed by atoms with Crippen LogP contribution < -0.4 is 14.8 Å². The summed E-state index contributed by atoms with van der Waals surface area (Å²) >= 11 is 0. The standard InChI is InChI=1S/C19H29N3O3/c1-24-17-11-16(12-18(13-17)25-2)19(23)22-9-7-21(8-10-22)14-15-3-5-20-6-4-15/h11-13,15,20H,3-10,14H2,1-2H3. The predicted molar refractivity (Wildman–Crippen MR) is 97.5 cm³/mol. The zero-order chi connectivity index (χ0) is 17.6. The number of piperazine rings is 1. The van der Waals surface area contributed by atoms with Crippen molar-refractivity contribution in [3.8, 4) is 11.5 Å². The normalized spacial score (nSPS) is 19.7. The Morgan fingerprint density at radius 3 is 2.20 bits per heavy atom. The number of benzene rings is 1. The Balaban J connectivity index is 1.56. The smallest absolute Gasteiger partial charge is 0.254 e. The Labute approximate surface area is 150 Å². The lowest BCUT2D eigenvalue weighted by Gasteiger charge is -2.37. The number of hydrogen-bond acceptors (Lipinski definition) is 5. The minimum absolute atomic E-state index is 0.0544. The van der Waals surface area contributed by atoms with Crippen LogP contribution in [0.1, 0.15) is 23.2 Å². The third kappa shape index (κ3) is 4.64. The molecule has 2 fully saturated rings. The molecule has 0 unspecified atom stereocenters. The summed E-state index contributed by atoms with van der Waals surface area (Å²) in [5.41, 5.74) is 0.628. The maximum absolute atomic E-state index is 12.8. The average molecular weight is 347 g/mol. The summed E-state index contributed by atoms with van der Waals surface area (Å²) in [6.07, 6.45) is 2.53. The van der Waals surface area contributed by atoms with Gasteiger partial charge < -0.3 is 19.7 Å². The number of ether oxygens (including phenoxy) is 2. The van der Waals surface area contributed by atoms with E-state index in [9.17, 15) is 4.79 Å². The molecule has 1 aromatic carbocycles. The number of carbonyl (C=O) groups excluding carboxylic acids is 1. The summed E-state index contributed by atoms with van der Waals surface area (Å²) in [7, 11) is 3.20. The minimum Gasteiger partial charge on any atom is -0.497 e. The minimum atomic E-state index is 0.0544. The first kappa shape index (κ1) is 18.0. The van der Waals surface area contributed by atoms with Crippen LogP contribution in [0, 0.1) is 5.92 Å². The number of hydrogen-bond donors (Lipinski definition) is 1. The number of piperidine rings is 1. The van der Waals surface area contributed by atoms with Gasteiger partial charge in [0.05, 0.1) is 14.2 Å². The van der Waals surface area contributed by atoms with Gasteiger partial charge in [0.1, 0.15) is 11.5 Å². The molecule has 0 atom stereocenters. The van der Waals surface area contributed by atoms with Gasteiger partial charge in [0.2, 0.25) is 0 Å². The lowest BCUT2D eigenvalue weighted by atomic mass is 9.97. The highest BCUT2D eigenvalue weighted by Crippen LogP contribution is 2.24. The van der Waals surface area contributed by atoms with E-state index < -0.39 is 0 Å². The first-order chi connectivity index (χ1) is 12.2. The summed E-state index contributed by atoms with van der Waals surface area (Å²) in [5.74, 6) is 2.14. The summed E-state index contributed by atoms with van der Waals surface area (Å²) < 4.78 is 10.5. The predicted octanol–water partition coefficient (Wildman–Crippen LogP) is 1.46. The molecule has 6 heteroatoms. The highest BCUT2D eigenvalue weighted by molar-refractivity contribution is 5.95. The van der Waals surface area contributed by atoms with Crippen molar-refractivity contribution in [2.75, 3.05) is 60.0 Å². The molecular formula is C19H29N3O3. The van der Waals surface area contributed by atoms with Gasteiger partial charge in [0.15, 0.2) is 0 Å². The second-order valence-corrected chi connectivity index (χ2v) is 6.89. The fraction of sp³-hybridized carbons (Fsp3) is 0.632. The topological polar surface area (TPSA) is 54.0 Å². The Morgan fingerprint density at radius 1 is 1.04 bits per heavy atom. The number of methoxy groups -OCH3 is 2. The molecule has 0 spiro atoms. The van der Waals surface area contributed by atoms with Crippen LogP contribution >= 0.6 is 0 Å². The Hall–Kier alpha value is -1.79. The molecule has 6 nitrogen and oxygen atoms in total. The van der Waals surface area contributed by atoms with Gasteiger partial charge in [-0.05, 0) is 44.0 Å². The fourth-order valence-corrected chi connectivity index (χ4v) is 3.68. The number of carbonyl (C=O) groups is 1. The largest absolute Gasteiger partial charge is 0.497 e.